The van der Waals surface area contributed by atoms with Crippen LogP contribution in [0.2, 0.25) is 0 Å². The second-order valence-electron chi connectivity index (χ2n) is 6.97. The number of nitrogens with one attached hydrogen (secondary N) is 2. The van der Waals surface area contributed by atoms with Gasteiger partial charge < -0.3 is 18.9 Å². The average molecular weight is 455 g/mol. The van der Waals surface area contributed by atoms with Crippen LogP contribution < -0.4 is 14.2 Å². The molecule has 0 unspecified atom stereocenters. The highest BCUT2D eigenvalue weighted by molar-refractivity contribution is 8.00. The molecule has 0 atom stereocenters. The predicted octanol–water partition coefficient (Wildman–Crippen LogP) is 4.44. The fraction of sp³-hybridized carbons (Fsp3) is 0.318. The molecule has 4 rings (SSSR count). The Kier molecular flexibility index (Phi) is 6.69. The van der Waals surface area contributed by atoms with Crippen molar-refractivity contribution in [3.8, 4) is 28.8 Å². The number of anilines is 1. The molecule has 9 nitrogen and oxygen atoms in total. The maximum Gasteiger partial charge on any atom is 0.239 e. The van der Waals surface area contributed by atoms with Gasteiger partial charge in [-0.3, -0.25) is 9.29 Å². The molecule has 0 amide bonds. The molecule has 0 bridgehead atoms. The maximum absolute atomic E-state index is 5.62. The van der Waals surface area contributed by atoms with Gasteiger partial charge in [-0.25, -0.2) is 4.98 Å². The minimum Gasteiger partial charge on any atom is -0.494 e. The molecule has 0 saturated heterocycles. The van der Waals surface area contributed by atoms with Crippen LogP contribution in [-0.4, -0.2) is 44.7 Å². The van der Waals surface area contributed by atoms with Gasteiger partial charge in [0.2, 0.25) is 11.8 Å². The minimum absolute atomic E-state index is 0.540. The number of methoxy groups -OCH3 is 2. The Bertz CT molecular complexity index is 1150. The first-order valence-corrected chi connectivity index (χ1v) is 11.3. The van der Waals surface area contributed by atoms with E-state index in [1.165, 1.54) is 11.9 Å². The van der Waals surface area contributed by atoms with Crippen LogP contribution in [0.5, 0.6) is 11.5 Å². The van der Waals surface area contributed by atoms with Crippen LogP contribution in [0.1, 0.15) is 24.1 Å². The lowest BCUT2D eigenvalue weighted by molar-refractivity contribution is 0.391. The molecule has 0 spiro atoms. The van der Waals surface area contributed by atoms with Crippen molar-refractivity contribution in [1.29, 1.82) is 0 Å². The topological polar surface area (TPSA) is 103 Å². The third-order valence-corrected chi connectivity index (χ3v) is 5.75. The zero-order valence-electron chi connectivity index (χ0n) is 18.5. The third kappa shape index (κ3) is 4.31. The summed E-state index contributed by atoms with van der Waals surface area (Å²) in [5.41, 5.74) is 2.89. The lowest BCUT2D eigenvalue weighted by Crippen LogP contribution is -2.07. The lowest BCUT2D eigenvalue weighted by Gasteiger charge is -2.16. The first-order valence-electron chi connectivity index (χ1n) is 10.3. The molecule has 32 heavy (non-hydrogen) atoms. The van der Waals surface area contributed by atoms with E-state index >= 15 is 0 Å². The molecule has 3 aromatic heterocycles. The quantitative estimate of drug-likeness (QED) is 0.268. The van der Waals surface area contributed by atoms with Gasteiger partial charge in [0.15, 0.2) is 5.76 Å². The van der Waals surface area contributed by atoms with Gasteiger partial charge in [-0.1, -0.05) is 13.0 Å². The number of H-pyrrole nitrogens is 1. The van der Waals surface area contributed by atoms with Gasteiger partial charge in [0.1, 0.15) is 23.0 Å². The minimum atomic E-state index is 0.540. The molecule has 1 aromatic carbocycles. The summed E-state index contributed by atoms with van der Waals surface area (Å²) >= 11 is 1.54. The molecule has 168 valence electrons. The van der Waals surface area contributed by atoms with Gasteiger partial charge in [0.25, 0.3) is 0 Å². The number of furan rings is 1. The highest BCUT2D eigenvalue weighted by atomic mass is 32.2. The zero-order valence-corrected chi connectivity index (χ0v) is 19.3. The van der Waals surface area contributed by atoms with Crippen molar-refractivity contribution in [2.24, 2.45) is 0 Å². The van der Waals surface area contributed by atoms with E-state index in [1.54, 1.807) is 20.5 Å². The Labute approximate surface area is 190 Å². The largest absolute Gasteiger partial charge is 0.494 e. The Morgan fingerprint density at radius 3 is 2.53 bits per heavy atom. The number of nitrogens with zero attached hydrogens (tertiary/aromatic N) is 4. The number of aromatic amines is 1. The number of rotatable bonds is 10. The second kappa shape index (κ2) is 9.82. The van der Waals surface area contributed by atoms with Crippen LogP contribution in [0, 0.1) is 6.92 Å². The Morgan fingerprint density at radius 2 is 1.91 bits per heavy atom. The summed E-state index contributed by atoms with van der Waals surface area (Å²) in [5.74, 6) is 4.76. The fourth-order valence-corrected chi connectivity index (χ4v) is 4.09. The Balaban J connectivity index is 1.62. The van der Waals surface area contributed by atoms with Crippen molar-refractivity contribution in [1.82, 2.24) is 24.7 Å². The Morgan fingerprint density at radius 1 is 1.12 bits per heavy atom. The second-order valence-corrected chi connectivity index (χ2v) is 7.87. The number of aromatic nitrogens is 5. The number of ether oxygens (including phenoxy) is 2. The number of para-hydroxylation sites is 1. The standard InChI is InChI=1S/C22H26N6O3S/c1-5-19-23-14(2)15(24-19)11-13-32-27-22-26-25-21(18-10-7-12-31-18)28(22)20-16(29-3)8-6-9-17(20)30-4/h6-10,12H,5,11,13H2,1-4H3,(H,23,24)(H,26,27). The molecular weight excluding hydrogens is 428 g/mol. The monoisotopic (exact) mass is 454 g/mol. The molecule has 0 radical (unpaired) electrons. The summed E-state index contributed by atoms with van der Waals surface area (Å²) in [6.07, 6.45) is 3.35. The highest BCUT2D eigenvalue weighted by Gasteiger charge is 2.23. The first kappa shape index (κ1) is 21.8. The van der Waals surface area contributed by atoms with Gasteiger partial charge >= 0.3 is 0 Å². The molecule has 0 aliphatic carbocycles. The van der Waals surface area contributed by atoms with E-state index in [2.05, 4.69) is 31.8 Å². The summed E-state index contributed by atoms with van der Waals surface area (Å²) < 4.78 is 22.0. The van der Waals surface area contributed by atoms with Crippen molar-refractivity contribution in [3.63, 3.8) is 0 Å². The number of benzene rings is 1. The fourth-order valence-electron chi connectivity index (χ4n) is 3.42. The van der Waals surface area contributed by atoms with E-state index in [-0.39, 0.29) is 0 Å². The van der Waals surface area contributed by atoms with E-state index in [9.17, 15) is 0 Å². The summed E-state index contributed by atoms with van der Waals surface area (Å²) in [7, 11) is 3.24. The van der Waals surface area contributed by atoms with Crippen LogP contribution in [0.4, 0.5) is 5.95 Å². The number of hydrogen-bond donors (Lipinski definition) is 2. The first-order chi connectivity index (χ1) is 15.7. The summed E-state index contributed by atoms with van der Waals surface area (Å²) in [4.78, 5) is 7.93. The molecule has 2 N–H and O–H groups in total. The van der Waals surface area contributed by atoms with Crippen LogP contribution in [0.3, 0.4) is 0 Å². The van der Waals surface area contributed by atoms with E-state index in [4.69, 9.17) is 13.9 Å². The normalized spacial score (nSPS) is 11.0. The SMILES string of the molecule is CCc1nc(C)c(CCSNc2nnc(-c3ccco3)n2-c2c(OC)cccc2OC)[nH]1. The van der Waals surface area contributed by atoms with Crippen molar-refractivity contribution in [2.45, 2.75) is 26.7 Å². The van der Waals surface area contributed by atoms with Crippen LogP contribution in [0.15, 0.2) is 41.0 Å². The highest BCUT2D eigenvalue weighted by Crippen LogP contribution is 2.38. The van der Waals surface area contributed by atoms with Crippen LogP contribution in [0.25, 0.3) is 17.3 Å². The van der Waals surface area contributed by atoms with Crippen LogP contribution >= 0.6 is 11.9 Å². The van der Waals surface area contributed by atoms with Gasteiger partial charge in [-0.15, -0.1) is 10.2 Å². The molecule has 0 aliphatic rings. The van der Waals surface area contributed by atoms with Gasteiger partial charge in [0.05, 0.1) is 26.2 Å². The number of imidazole rings is 1. The van der Waals surface area contributed by atoms with Gasteiger partial charge in [0, 0.05) is 24.3 Å². The summed E-state index contributed by atoms with van der Waals surface area (Å²) in [5, 5.41) is 8.74. The maximum atomic E-state index is 5.62. The van der Waals surface area contributed by atoms with Crippen molar-refractivity contribution in [3.05, 3.63) is 53.8 Å². The van der Waals surface area contributed by atoms with Gasteiger partial charge in [-0.05, 0) is 43.1 Å². The van der Waals surface area contributed by atoms with Crippen molar-refractivity contribution in [2.75, 3.05) is 24.7 Å². The lowest BCUT2D eigenvalue weighted by atomic mass is 10.2. The molecule has 3 heterocycles. The van der Waals surface area contributed by atoms with Gasteiger partial charge in [-0.2, -0.15) is 0 Å². The summed E-state index contributed by atoms with van der Waals surface area (Å²) in [6, 6.07) is 9.26. The van der Waals surface area contributed by atoms with Crippen molar-refractivity contribution < 1.29 is 13.9 Å². The molecule has 0 aliphatic heterocycles. The zero-order chi connectivity index (χ0) is 22.5. The molecule has 4 aromatic rings. The van der Waals surface area contributed by atoms with Crippen molar-refractivity contribution >= 4 is 17.9 Å². The van der Waals surface area contributed by atoms with E-state index < -0.39 is 0 Å². The van der Waals surface area contributed by atoms with E-state index in [0.29, 0.717) is 34.7 Å². The average Bonchev–Trinajstić information content (AvgIpc) is 3.56. The Hall–Kier alpha value is -3.40. The van der Waals surface area contributed by atoms with E-state index in [0.717, 1.165) is 35.8 Å². The van der Waals surface area contributed by atoms with Crippen LogP contribution in [-0.2, 0) is 12.8 Å². The molecule has 10 heteroatoms. The molecule has 0 fully saturated rings. The number of aryl methyl sites for hydroxylation is 3. The predicted molar refractivity (Wildman–Crippen MR) is 125 cm³/mol. The van der Waals surface area contributed by atoms with E-state index in [1.807, 2.05) is 41.8 Å². The molecule has 0 saturated carbocycles. The summed E-state index contributed by atoms with van der Waals surface area (Å²) in [6.45, 7) is 4.12. The molecular formula is C22H26N6O3S. The number of hydrogen-bond acceptors (Lipinski definition) is 8. The smallest absolute Gasteiger partial charge is 0.239 e. The third-order valence-electron chi connectivity index (χ3n) is 5.02.